The quantitative estimate of drug-likeness (QED) is 0.838. The molecule has 0 radical (unpaired) electrons. The van der Waals surface area contributed by atoms with E-state index in [1.807, 2.05) is 42.5 Å². The predicted octanol–water partition coefficient (Wildman–Crippen LogP) is 2.94. The largest absolute Gasteiger partial charge is 0.493 e. The van der Waals surface area contributed by atoms with E-state index in [4.69, 9.17) is 9.47 Å². The minimum atomic E-state index is 0.654. The molecule has 0 aliphatic heterocycles. The van der Waals surface area contributed by atoms with E-state index in [0.29, 0.717) is 17.9 Å². The second-order valence-electron chi connectivity index (χ2n) is 3.88. The molecule has 0 fully saturated rings. The number of ether oxygens (including phenoxy) is 2. The fraction of sp³-hybridized carbons (Fsp3) is 0.133. The monoisotopic (exact) mass is 257 g/mol. The molecule has 0 atom stereocenters. The Hall–Kier alpha value is -2.49. The summed E-state index contributed by atoms with van der Waals surface area (Å²) in [6.07, 6.45) is 0.666. The van der Waals surface area contributed by atoms with E-state index >= 15 is 0 Å². The molecule has 4 heteroatoms. The molecule has 0 aliphatic carbocycles. The molecule has 19 heavy (non-hydrogen) atoms. The van der Waals surface area contributed by atoms with E-state index in [1.54, 1.807) is 14.2 Å². The van der Waals surface area contributed by atoms with Gasteiger partial charge in [-0.3, -0.25) is 4.79 Å². The number of anilines is 1. The first-order valence-electron chi connectivity index (χ1n) is 5.81. The average molecular weight is 257 g/mol. The standard InChI is InChI=1S/C15H15NO3/c1-18-14-8-7-11(9-15(14)19-2)12-5-3-4-6-13(12)16-10-17/h3-10H,1-2H3,(H,16,17). The molecule has 0 aromatic heterocycles. The van der Waals surface area contributed by atoms with Gasteiger partial charge in [-0.25, -0.2) is 0 Å². The van der Waals surface area contributed by atoms with Gasteiger partial charge < -0.3 is 14.8 Å². The van der Waals surface area contributed by atoms with Crippen molar-refractivity contribution in [1.82, 2.24) is 0 Å². The molecular weight excluding hydrogens is 242 g/mol. The molecule has 0 spiro atoms. The van der Waals surface area contributed by atoms with Crippen molar-refractivity contribution in [2.75, 3.05) is 19.5 Å². The minimum Gasteiger partial charge on any atom is -0.493 e. The molecule has 1 amide bonds. The fourth-order valence-corrected chi connectivity index (χ4v) is 1.93. The number of methoxy groups -OCH3 is 2. The van der Waals surface area contributed by atoms with Crippen molar-refractivity contribution >= 4 is 12.1 Å². The molecular formula is C15H15NO3. The highest BCUT2D eigenvalue weighted by Gasteiger charge is 2.08. The summed E-state index contributed by atoms with van der Waals surface area (Å²) in [4.78, 5) is 10.6. The Balaban J connectivity index is 2.49. The summed E-state index contributed by atoms with van der Waals surface area (Å²) in [5, 5.41) is 2.69. The maximum Gasteiger partial charge on any atom is 0.211 e. The normalized spacial score (nSPS) is 9.79. The molecule has 0 bridgehead atoms. The van der Waals surface area contributed by atoms with Crippen LogP contribution in [0, 0.1) is 0 Å². The zero-order chi connectivity index (χ0) is 13.7. The number of hydrogen-bond donors (Lipinski definition) is 1. The molecule has 0 heterocycles. The second-order valence-corrected chi connectivity index (χ2v) is 3.88. The van der Waals surface area contributed by atoms with Gasteiger partial charge in [0.05, 0.1) is 14.2 Å². The molecule has 0 saturated heterocycles. The minimum absolute atomic E-state index is 0.654. The Morgan fingerprint density at radius 1 is 1.00 bits per heavy atom. The van der Waals surface area contributed by atoms with Gasteiger partial charge in [-0.2, -0.15) is 0 Å². The molecule has 0 aliphatic rings. The van der Waals surface area contributed by atoms with Gasteiger partial charge in [-0.1, -0.05) is 24.3 Å². The van der Waals surface area contributed by atoms with Gasteiger partial charge in [-0.05, 0) is 23.8 Å². The third-order valence-corrected chi connectivity index (χ3v) is 2.84. The summed E-state index contributed by atoms with van der Waals surface area (Å²) in [5.41, 5.74) is 2.63. The average Bonchev–Trinajstić information content (AvgIpc) is 2.47. The van der Waals surface area contributed by atoms with E-state index in [1.165, 1.54) is 0 Å². The van der Waals surface area contributed by atoms with Crippen LogP contribution in [0.4, 0.5) is 5.69 Å². The molecule has 2 aromatic rings. The van der Waals surface area contributed by atoms with E-state index in [9.17, 15) is 4.79 Å². The number of carbonyl (C=O) groups excluding carboxylic acids is 1. The summed E-state index contributed by atoms with van der Waals surface area (Å²) < 4.78 is 10.5. The zero-order valence-corrected chi connectivity index (χ0v) is 10.8. The Morgan fingerprint density at radius 2 is 1.74 bits per heavy atom. The molecule has 2 aromatic carbocycles. The highest BCUT2D eigenvalue weighted by molar-refractivity contribution is 5.85. The van der Waals surface area contributed by atoms with Crippen LogP contribution in [0.1, 0.15) is 0 Å². The van der Waals surface area contributed by atoms with Crippen molar-refractivity contribution in [3.05, 3.63) is 42.5 Å². The number of carbonyl (C=O) groups is 1. The third kappa shape index (κ3) is 2.68. The van der Waals surface area contributed by atoms with Crippen molar-refractivity contribution in [3.63, 3.8) is 0 Å². The van der Waals surface area contributed by atoms with Crippen molar-refractivity contribution in [1.29, 1.82) is 0 Å². The molecule has 98 valence electrons. The number of nitrogens with one attached hydrogen (secondary N) is 1. The molecule has 2 rings (SSSR count). The summed E-state index contributed by atoms with van der Waals surface area (Å²) in [6.45, 7) is 0. The van der Waals surface area contributed by atoms with Crippen LogP contribution >= 0.6 is 0 Å². The third-order valence-electron chi connectivity index (χ3n) is 2.84. The van der Waals surface area contributed by atoms with Crippen LogP contribution in [0.2, 0.25) is 0 Å². The van der Waals surface area contributed by atoms with E-state index in [2.05, 4.69) is 5.32 Å². The van der Waals surface area contributed by atoms with Crippen LogP contribution in [-0.4, -0.2) is 20.6 Å². The number of rotatable bonds is 5. The van der Waals surface area contributed by atoms with Crippen LogP contribution in [0.15, 0.2) is 42.5 Å². The number of amides is 1. The van der Waals surface area contributed by atoms with Crippen molar-refractivity contribution in [2.24, 2.45) is 0 Å². The van der Waals surface area contributed by atoms with Gasteiger partial charge in [0.1, 0.15) is 0 Å². The fourth-order valence-electron chi connectivity index (χ4n) is 1.93. The van der Waals surface area contributed by atoms with Crippen molar-refractivity contribution in [2.45, 2.75) is 0 Å². The number of benzene rings is 2. The molecule has 1 N–H and O–H groups in total. The lowest BCUT2D eigenvalue weighted by atomic mass is 10.0. The first-order chi connectivity index (χ1) is 9.30. The predicted molar refractivity (Wildman–Crippen MR) is 74.7 cm³/mol. The summed E-state index contributed by atoms with van der Waals surface area (Å²) >= 11 is 0. The van der Waals surface area contributed by atoms with Gasteiger partial charge in [0.2, 0.25) is 6.41 Å². The van der Waals surface area contributed by atoms with Gasteiger partial charge in [-0.15, -0.1) is 0 Å². The van der Waals surface area contributed by atoms with Crippen LogP contribution in [-0.2, 0) is 4.79 Å². The lowest BCUT2D eigenvalue weighted by Crippen LogP contribution is -1.96. The highest BCUT2D eigenvalue weighted by Crippen LogP contribution is 2.35. The second kappa shape index (κ2) is 5.91. The molecule has 4 nitrogen and oxygen atoms in total. The van der Waals surface area contributed by atoms with E-state index < -0.39 is 0 Å². The Bertz CT molecular complexity index is 581. The van der Waals surface area contributed by atoms with Gasteiger partial charge in [0.25, 0.3) is 0 Å². The number of para-hydroxylation sites is 1. The lowest BCUT2D eigenvalue weighted by molar-refractivity contribution is -0.105. The van der Waals surface area contributed by atoms with Gasteiger partial charge >= 0.3 is 0 Å². The van der Waals surface area contributed by atoms with E-state index in [-0.39, 0.29) is 0 Å². The Labute approximate surface area is 112 Å². The molecule has 0 saturated carbocycles. The number of hydrogen-bond acceptors (Lipinski definition) is 3. The van der Waals surface area contributed by atoms with Gasteiger partial charge in [0.15, 0.2) is 11.5 Å². The smallest absolute Gasteiger partial charge is 0.211 e. The van der Waals surface area contributed by atoms with Crippen molar-refractivity contribution < 1.29 is 14.3 Å². The summed E-state index contributed by atoms with van der Waals surface area (Å²) in [5.74, 6) is 1.33. The topological polar surface area (TPSA) is 47.6 Å². The first kappa shape index (κ1) is 13.0. The van der Waals surface area contributed by atoms with Crippen LogP contribution in [0.25, 0.3) is 11.1 Å². The van der Waals surface area contributed by atoms with Crippen molar-refractivity contribution in [3.8, 4) is 22.6 Å². The van der Waals surface area contributed by atoms with Gasteiger partial charge in [0, 0.05) is 11.3 Å². The first-order valence-corrected chi connectivity index (χ1v) is 5.81. The molecule has 0 unspecified atom stereocenters. The lowest BCUT2D eigenvalue weighted by Gasteiger charge is -2.12. The van der Waals surface area contributed by atoms with Crippen LogP contribution < -0.4 is 14.8 Å². The maximum absolute atomic E-state index is 10.6. The van der Waals surface area contributed by atoms with Crippen LogP contribution in [0.5, 0.6) is 11.5 Å². The Kier molecular flexibility index (Phi) is 4.03. The Morgan fingerprint density at radius 3 is 2.42 bits per heavy atom. The summed E-state index contributed by atoms with van der Waals surface area (Å²) in [7, 11) is 3.19. The summed E-state index contributed by atoms with van der Waals surface area (Å²) in [6, 6.07) is 13.2. The highest BCUT2D eigenvalue weighted by atomic mass is 16.5. The van der Waals surface area contributed by atoms with E-state index in [0.717, 1.165) is 16.8 Å². The zero-order valence-electron chi connectivity index (χ0n) is 10.8. The SMILES string of the molecule is COc1ccc(-c2ccccc2NC=O)cc1OC. The van der Waals surface area contributed by atoms with Crippen LogP contribution in [0.3, 0.4) is 0 Å². The maximum atomic E-state index is 10.6.